The van der Waals surface area contributed by atoms with Gasteiger partial charge in [0, 0.05) is 26.1 Å². The van der Waals surface area contributed by atoms with Crippen LogP contribution in [-0.4, -0.2) is 88.4 Å². The summed E-state index contributed by atoms with van der Waals surface area (Å²) < 4.78 is 0. The second-order valence-electron chi connectivity index (χ2n) is 13.2. The number of hydrogen-bond acceptors (Lipinski definition) is 5. The molecule has 2 aliphatic heterocycles. The average molecular weight is 578 g/mol. The summed E-state index contributed by atoms with van der Waals surface area (Å²) in [5, 5.41) is 18.2. The largest absolute Gasteiger partial charge is 0.479 e. The van der Waals surface area contributed by atoms with Gasteiger partial charge < -0.3 is 30.9 Å². The zero-order valence-corrected chi connectivity index (χ0v) is 25.4. The Morgan fingerprint density at radius 3 is 2.39 bits per heavy atom. The molecule has 11 heteroatoms. The molecule has 4 N–H and O–H groups in total. The third kappa shape index (κ3) is 8.82. The lowest BCUT2D eigenvalue weighted by Gasteiger charge is -2.34. The van der Waals surface area contributed by atoms with E-state index in [1.807, 2.05) is 20.8 Å². The minimum absolute atomic E-state index is 0.0830. The summed E-state index contributed by atoms with van der Waals surface area (Å²) in [7, 11) is 0. The second kappa shape index (κ2) is 14.4. The van der Waals surface area contributed by atoms with Crippen LogP contribution in [0, 0.1) is 11.3 Å². The zero-order valence-electron chi connectivity index (χ0n) is 25.4. The molecule has 0 bridgehead atoms. The van der Waals surface area contributed by atoms with E-state index in [1.54, 1.807) is 4.90 Å². The molecule has 3 rings (SSSR count). The molecule has 41 heavy (non-hydrogen) atoms. The van der Waals surface area contributed by atoms with E-state index in [1.165, 1.54) is 24.2 Å². The van der Waals surface area contributed by atoms with Gasteiger partial charge in [-0.25, -0.2) is 9.59 Å². The number of nitrogens with zero attached hydrogens (tertiary/aromatic N) is 2. The van der Waals surface area contributed by atoms with E-state index in [4.69, 9.17) is 0 Å². The predicted molar refractivity (Wildman–Crippen MR) is 155 cm³/mol. The molecular weight excluding hydrogens is 526 g/mol. The molecule has 232 valence electrons. The SMILES string of the molecule is CCCCCCCCC1C[C@]1(NC(=O)[C@@H]1CCCN1C(=O)CNC(=O)N[C@H](CN1CCCC1=O)C(C)(C)C)C(=O)O. The van der Waals surface area contributed by atoms with Crippen molar-refractivity contribution >= 4 is 29.7 Å². The maximum Gasteiger partial charge on any atom is 0.329 e. The first-order chi connectivity index (χ1) is 19.4. The van der Waals surface area contributed by atoms with Crippen LogP contribution in [0.15, 0.2) is 0 Å². The number of hydrogen-bond donors (Lipinski definition) is 4. The van der Waals surface area contributed by atoms with Crippen LogP contribution < -0.4 is 16.0 Å². The first-order valence-corrected chi connectivity index (χ1v) is 15.6. The molecule has 0 aromatic heterocycles. The molecule has 0 aromatic carbocycles. The standard InChI is InChI=1S/C30H51N5O6/c1-5-6-7-8-9-10-13-21-18-30(21,27(39)40)33-26(38)22-14-11-17-35(22)25(37)19-31-28(41)32-23(29(2,3)4)20-34-16-12-15-24(34)36/h21-23H,5-20H2,1-4H3,(H,33,38)(H,39,40)(H2,31,32,41)/t21?,22-,23+,30+/m0/s1. The van der Waals surface area contributed by atoms with Gasteiger partial charge in [-0.15, -0.1) is 0 Å². The van der Waals surface area contributed by atoms with Gasteiger partial charge in [0.1, 0.15) is 11.6 Å². The smallest absolute Gasteiger partial charge is 0.329 e. The van der Waals surface area contributed by atoms with E-state index >= 15 is 0 Å². The summed E-state index contributed by atoms with van der Waals surface area (Å²) >= 11 is 0. The number of carbonyl (C=O) groups is 5. The normalized spacial score (nSPS) is 24.7. The third-order valence-electron chi connectivity index (χ3n) is 8.94. The maximum atomic E-state index is 13.2. The topological polar surface area (TPSA) is 148 Å². The molecule has 2 saturated heterocycles. The van der Waals surface area contributed by atoms with Crippen LogP contribution in [0.25, 0.3) is 0 Å². The van der Waals surface area contributed by atoms with E-state index in [0.29, 0.717) is 45.3 Å². The Hall–Kier alpha value is -2.85. The Kier molecular flexibility index (Phi) is 11.4. The fraction of sp³-hybridized carbons (Fsp3) is 0.833. The molecule has 2 heterocycles. The number of rotatable bonds is 15. The second-order valence-corrected chi connectivity index (χ2v) is 13.2. The lowest BCUT2D eigenvalue weighted by molar-refractivity contribution is -0.145. The molecule has 1 unspecified atom stereocenters. The summed E-state index contributed by atoms with van der Waals surface area (Å²) in [5.41, 5.74) is -1.55. The van der Waals surface area contributed by atoms with Gasteiger partial charge >= 0.3 is 12.0 Å². The highest BCUT2D eigenvalue weighted by molar-refractivity contribution is 5.95. The monoisotopic (exact) mass is 577 g/mol. The average Bonchev–Trinajstić information content (AvgIpc) is 3.20. The summed E-state index contributed by atoms with van der Waals surface area (Å²) in [6.07, 6.45) is 10.4. The van der Waals surface area contributed by atoms with Crippen LogP contribution in [0.4, 0.5) is 4.79 Å². The molecule has 0 aromatic rings. The first kappa shape index (κ1) is 32.7. The number of amides is 5. The highest BCUT2D eigenvalue weighted by atomic mass is 16.4. The fourth-order valence-corrected chi connectivity index (χ4v) is 6.08. The predicted octanol–water partition coefficient (Wildman–Crippen LogP) is 3.02. The Morgan fingerprint density at radius 2 is 1.76 bits per heavy atom. The highest BCUT2D eigenvalue weighted by Crippen LogP contribution is 2.47. The number of likely N-dealkylation sites (tertiary alicyclic amines) is 2. The third-order valence-corrected chi connectivity index (χ3v) is 8.94. The Labute approximate surface area is 244 Å². The van der Waals surface area contributed by atoms with Gasteiger partial charge in [-0.3, -0.25) is 14.4 Å². The van der Waals surface area contributed by atoms with Gasteiger partial charge in [-0.1, -0.05) is 66.2 Å². The molecule has 3 fully saturated rings. The molecule has 4 atom stereocenters. The molecule has 5 amide bonds. The number of nitrogens with one attached hydrogen (secondary N) is 3. The van der Waals surface area contributed by atoms with E-state index in [2.05, 4.69) is 22.9 Å². The molecule has 1 aliphatic carbocycles. The van der Waals surface area contributed by atoms with E-state index < -0.39 is 29.5 Å². The van der Waals surface area contributed by atoms with Crippen LogP contribution in [-0.2, 0) is 19.2 Å². The van der Waals surface area contributed by atoms with Crippen LogP contribution >= 0.6 is 0 Å². The van der Waals surface area contributed by atoms with Crippen LogP contribution in [0.5, 0.6) is 0 Å². The molecule has 11 nitrogen and oxygen atoms in total. The summed E-state index contributed by atoms with van der Waals surface area (Å²) in [4.78, 5) is 66.4. The number of urea groups is 1. The maximum absolute atomic E-state index is 13.2. The van der Waals surface area contributed by atoms with Crippen molar-refractivity contribution in [3.63, 3.8) is 0 Å². The number of carbonyl (C=O) groups excluding carboxylic acids is 4. The molecule has 1 saturated carbocycles. The Bertz CT molecular complexity index is 966. The molecule has 0 spiro atoms. The minimum Gasteiger partial charge on any atom is -0.479 e. The number of carboxylic acids is 1. The number of aliphatic carboxylic acids is 1. The van der Waals surface area contributed by atoms with E-state index in [9.17, 15) is 29.1 Å². The van der Waals surface area contributed by atoms with Crippen molar-refractivity contribution in [1.82, 2.24) is 25.8 Å². The van der Waals surface area contributed by atoms with Gasteiger partial charge in [0.15, 0.2) is 0 Å². The zero-order chi connectivity index (χ0) is 30.2. The molecular formula is C30H51N5O6. The van der Waals surface area contributed by atoms with Crippen molar-refractivity contribution < 1.29 is 29.1 Å². The summed E-state index contributed by atoms with van der Waals surface area (Å²) in [5.74, 6) is -1.84. The first-order valence-electron chi connectivity index (χ1n) is 15.6. The van der Waals surface area contributed by atoms with E-state index in [0.717, 1.165) is 32.1 Å². The lowest BCUT2D eigenvalue weighted by atomic mass is 9.86. The minimum atomic E-state index is -1.24. The summed E-state index contributed by atoms with van der Waals surface area (Å²) in [6.45, 7) is 9.31. The number of carboxylic acid groups (broad SMARTS) is 1. The van der Waals surface area contributed by atoms with E-state index in [-0.39, 0.29) is 35.7 Å². The fourth-order valence-electron chi connectivity index (χ4n) is 6.08. The van der Waals surface area contributed by atoms with Crippen molar-refractivity contribution in [2.24, 2.45) is 11.3 Å². The number of unbranched alkanes of at least 4 members (excludes halogenated alkanes) is 5. The van der Waals surface area contributed by atoms with Crippen LogP contribution in [0.3, 0.4) is 0 Å². The van der Waals surface area contributed by atoms with Crippen LogP contribution in [0.1, 0.15) is 105 Å². The Balaban J connectivity index is 1.48. The van der Waals surface area contributed by atoms with Crippen molar-refractivity contribution in [2.45, 2.75) is 122 Å². The quantitative estimate of drug-likeness (QED) is 0.220. The van der Waals surface area contributed by atoms with Crippen molar-refractivity contribution in [3.05, 3.63) is 0 Å². The lowest BCUT2D eigenvalue weighted by Crippen LogP contribution is -2.56. The highest BCUT2D eigenvalue weighted by Gasteiger charge is 2.61. The van der Waals surface area contributed by atoms with Gasteiger partial charge in [-0.2, -0.15) is 0 Å². The van der Waals surface area contributed by atoms with Gasteiger partial charge in [0.2, 0.25) is 17.7 Å². The summed E-state index contributed by atoms with van der Waals surface area (Å²) in [6, 6.07) is -1.56. The van der Waals surface area contributed by atoms with Crippen LogP contribution in [0.2, 0.25) is 0 Å². The van der Waals surface area contributed by atoms with Gasteiger partial charge in [0.25, 0.3) is 0 Å². The van der Waals surface area contributed by atoms with Crippen molar-refractivity contribution in [1.29, 1.82) is 0 Å². The molecule has 3 aliphatic rings. The Morgan fingerprint density at radius 1 is 1.05 bits per heavy atom. The van der Waals surface area contributed by atoms with Gasteiger partial charge in [0.05, 0.1) is 12.6 Å². The van der Waals surface area contributed by atoms with Crippen molar-refractivity contribution in [3.8, 4) is 0 Å². The van der Waals surface area contributed by atoms with Gasteiger partial charge in [-0.05, 0) is 43.4 Å². The molecule has 0 radical (unpaired) electrons. The van der Waals surface area contributed by atoms with Crippen molar-refractivity contribution in [2.75, 3.05) is 26.2 Å².